The summed E-state index contributed by atoms with van der Waals surface area (Å²) in [5.41, 5.74) is 2.08. The van der Waals surface area contributed by atoms with E-state index in [2.05, 4.69) is 0 Å². The van der Waals surface area contributed by atoms with Crippen molar-refractivity contribution in [2.24, 2.45) is 0 Å². The molecule has 0 bridgehead atoms. The van der Waals surface area contributed by atoms with Crippen molar-refractivity contribution < 1.29 is 24.2 Å². The van der Waals surface area contributed by atoms with Crippen LogP contribution in [0.2, 0.25) is 0 Å². The second-order valence-corrected chi connectivity index (χ2v) is 7.88. The van der Waals surface area contributed by atoms with Crippen LogP contribution >= 0.6 is 0 Å². The molecule has 6 nitrogen and oxygen atoms in total. The van der Waals surface area contributed by atoms with Crippen LogP contribution in [-0.4, -0.2) is 34.9 Å². The number of ether oxygens (including phenoxy) is 2. The Morgan fingerprint density at radius 1 is 0.853 bits per heavy atom. The highest BCUT2D eigenvalue weighted by Gasteiger charge is 2.46. The highest BCUT2D eigenvalue weighted by molar-refractivity contribution is 6.46. The van der Waals surface area contributed by atoms with Gasteiger partial charge in [0.15, 0.2) is 0 Å². The lowest BCUT2D eigenvalue weighted by Crippen LogP contribution is -2.29. The van der Waals surface area contributed by atoms with Gasteiger partial charge in [0.25, 0.3) is 11.7 Å². The molecule has 0 saturated carbocycles. The number of benzene rings is 3. The quantitative estimate of drug-likeness (QED) is 0.289. The summed E-state index contributed by atoms with van der Waals surface area (Å²) >= 11 is 0. The number of ketones is 1. The van der Waals surface area contributed by atoms with E-state index in [-0.39, 0.29) is 17.9 Å². The number of carbonyl (C=O) groups excluding carboxylic acids is 2. The fourth-order valence-corrected chi connectivity index (χ4v) is 4.13. The summed E-state index contributed by atoms with van der Waals surface area (Å²) in [7, 11) is 0. The minimum Gasteiger partial charge on any atom is -0.507 e. The number of likely N-dealkylation sites (tertiary alicyclic amines) is 1. The van der Waals surface area contributed by atoms with E-state index >= 15 is 0 Å². The first kappa shape index (κ1) is 23.1. The minimum atomic E-state index is -0.719. The standard InChI is InChI=1S/C28H27NO5/c1-3-33-22-15-13-19(14-16-22)18-29-25(20-9-6-5-7-10-20)24(27(31)28(29)32)26(30)21-11-8-12-23(17-21)34-4-2/h5-17,25,30H,3-4,18H2,1-2H3/b26-24-. The SMILES string of the molecule is CCOc1ccc(CN2C(=O)C(=O)/C(=C(\O)c3cccc(OCC)c3)C2c2ccccc2)cc1. The van der Waals surface area contributed by atoms with Crippen molar-refractivity contribution in [1.29, 1.82) is 0 Å². The lowest BCUT2D eigenvalue weighted by Gasteiger charge is -2.25. The Bertz CT molecular complexity index is 1200. The first-order chi connectivity index (χ1) is 16.5. The molecule has 1 amide bonds. The molecule has 1 atom stereocenters. The fraction of sp³-hybridized carbons (Fsp3) is 0.214. The first-order valence-electron chi connectivity index (χ1n) is 11.3. The largest absolute Gasteiger partial charge is 0.507 e. The Morgan fingerprint density at radius 3 is 2.21 bits per heavy atom. The number of amides is 1. The van der Waals surface area contributed by atoms with Gasteiger partial charge in [0.1, 0.15) is 17.3 Å². The number of hydrogen-bond acceptors (Lipinski definition) is 5. The first-order valence-corrected chi connectivity index (χ1v) is 11.3. The predicted molar refractivity (Wildman–Crippen MR) is 130 cm³/mol. The van der Waals surface area contributed by atoms with E-state index in [1.807, 2.05) is 68.4 Å². The summed E-state index contributed by atoms with van der Waals surface area (Å²) < 4.78 is 11.0. The van der Waals surface area contributed by atoms with Gasteiger partial charge in [-0.15, -0.1) is 0 Å². The third-order valence-electron chi connectivity index (χ3n) is 5.66. The van der Waals surface area contributed by atoms with Crippen LogP contribution in [0.1, 0.15) is 36.6 Å². The maximum absolute atomic E-state index is 13.2. The number of aliphatic hydroxyl groups excluding tert-OH is 1. The molecular formula is C28H27NO5. The Morgan fingerprint density at radius 2 is 1.53 bits per heavy atom. The van der Waals surface area contributed by atoms with Crippen LogP contribution in [0.5, 0.6) is 11.5 Å². The van der Waals surface area contributed by atoms with Gasteiger partial charge in [-0.2, -0.15) is 0 Å². The maximum atomic E-state index is 13.2. The third kappa shape index (κ3) is 4.66. The van der Waals surface area contributed by atoms with Gasteiger partial charge in [-0.3, -0.25) is 9.59 Å². The molecule has 1 unspecified atom stereocenters. The highest BCUT2D eigenvalue weighted by atomic mass is 16.5. The number of nitrogens with zero attached hydrogens (tertiary/aromatic N) is 1. The number of aliphatic hydroxyl groups is 1. The molecule has 34 heavy (non-hydrogen) atoms. The van der Waals surface area contributed by atoms with Gasteiger partial charge in [-0.05, 0) is 49.2 Å². The van der Waals surface area contributed by atoms with Crippen LogP contribution in [0.3, 0.4) is 0 Å². The minimum absolute atomic E-state index is 0.0655. The van der Waals surface area contributed by atoms with Gasteiger partial charge in [0, 0.05) is 12.1 Å². The van der Waals surface area contributed by atoms with Crippen LogP contribution in [-0.2, 0) is 16.1 Å². The number of carbonyl (C=O) groups is 2. The van der Waals surface area contributed by atoms with Crippen LogP contribution in [0.25, 0.3) is 5.76 Å². The van der Waals surface area contributed by atoms with Gasteiger partial charge in [-0.1, -0.05) is 54.6 Å². The van der Waals surface area contributed by atoms with Crippen molar-refractivity contribution in [3.05, 3.63) is 101 Å². The molecule has 1 aliphatic heterocycles. The summed E-state index contributed by atoms with van der Waals surface area (Å²) in [6.07, 6.45) is 0. The molecular weight excluding hydrogens is 430 g/mol. The summed E-state index contributed by atoms with van der Waals surface area (Å²) in [4.78, 5) is 27.9. The summed E-state index contributed by atoms with van der Waals surface area (Å²) in [6, 6.07) is 22.9. The van der Waals surface area contributed by atoms with Crippen molar-refractivity contribution in [2.45, 2.75) is 26.4 Å². The number of hydrogen-bond donors (Lipinski definition) is 1. The fourth-order valence-electron chi connectivity index (χ4n) is 4.13. The average Bonchev–Trinajstić information content (AvgIpc) is 3.11. The van der Waals surface area contributed by atoms with Gasteiger partial charge < -0.3 is 19.5 Å². The van der Waals surface area contributed by atoms with Gasteiger partial charge in [0.05, 0.1) is 24.8 Å². The molecule has 1 fully saturated rings. The van der Waals surface area contributed by atoms with Crippen LogP contribution in [0, 0.1) is 0 Å². The highest BCUT2D eigenvalue weighted by Crippen LogP contribution is 2.40. The second-order valence-electron chi connectivity index (χ2n) is 7.88. The van der Waals surface area contributed by atoms with E-state index in [4.69, 9.17) is 9.47 Å². The molecule has 174 valence electrons. The van der Waals surface area contributed by atoms with Crippen LogP contribution in [0.15, 0.2) is 84.4 Å². The van der Waals surface area contributed by atoms with E-state index in [9.17, 15) is 14.7 Å². The van der Waals surface area contributed by atoms with Crippen LogP contribution in [0.4, 0.5) is 0 Å². The molecule has 0 aromatic heterocycles. The lowest BCUT2D eigenvalue weighted by molar-refractivity contribution is -0.140. The molecule has 3 aromatic carbocycles. The van der Waals surface area contributed by atoms with Gasteiger partial charge >= 0.3 is 0 Å². The Hall–Kier alpha value is -4.06. The van der Waals surface area contributed by atoms with E-state index in [1.54, 1.807) is 24.3 Å². The molecule has 4 rings (SSSR count). The average molecular weight is 458 g/mol. The molecule has 1 N–H and O–H groups in total. The third-order valence-corrected chi connectivity index (χ3v) is 5.66. The monoisotopic (exact) mass is 457 g/mol. The van der Waals surface area contributed by atoms with Gasteiger partial charge in [0.2, 0.25) is 0 Å². The Labute approximate surface area is 199 Å². The second kappa shape index (κ2) is 10.3. The maximum Gasteiger partial charge on any atom is 0.295 e. The van der Waals surface area contributed by atoms with Crippen molar-refractivity contribution in [2.75, 3.05) is 13.2 Å². The Kier molecular flexibility index (Phi) is 6.97. The van der Waals surface area contributed by atoms with E-state index in [1.165, 1.54) is 4.90 Å². The lowest BCUT2D eigenvalue weighted by atomic mass is 9.95. The number of rotatable bonds is 8. The Balaban J connectivity index is 1.77. The molecule has 0 spiro atoms. The molecule has 0 radical (unpaired) electrons. The molecule has 1 heterocycles. The smallest absolute Gasteiger partial charge is 0.295 e. The van der Waals surface area contributed by atoms with Crippen LogP contribution < -0.4 is 9.47 Å². The molecule has 0 aliphatic carbocycles. The normalized spacial score (nSPS) is 17.1. The molecule has 6 heteroatoms. The molecule has 3 aromatic rings. The summed E-state index contributed by atoms with van der Waals surface area (Å²) in [5.74, 6) is -0.263. The zero-order valence-corrected chi connectivity index (χ0v) is 19.2. The summed E-state index contributed by atoms with van der Waals surface area (Å²) in [6.45, 7) is 5.03. The van der Waals surface area contributed by atoms with Crippen molar-refractivity contribution in [1.82, 2.24) is 4.90 Å². The topological polar surface area (TPSA) is 76.1 Å². The van der Waals surface area contributed by atoms with Crippen molar-refractivity contribution >= 4 is 17.4 Å². The van der Waals surface area contributed by atoms with E-state index in [0.717, 1.165) is 16.9 Å². The van der Waals surface area contributed by atoms with Gasteiger partial charge in [-0.25, -0.2) is 0 Å². The number of Topliss-reactive ketones (excluding diaryl/α,β-unsaturated/α-hetero) is 1. The summed E-state index contributed by atoms with van der Waals surface area (Å²) in [5, 5.41) is 11.2. The predicted octanol–water partition coefficient (Wildman–Crippen LogP) is 5.11. The van der Waals surface area contributed by atoms with E-state index in [0.29, 0.717) is 24.5 Å². The zero-order valence-electron chi connectivity index (χ0n) is 19.2. The van der Waals surface area contributed by atoms with E-state index < -0.39 is 17.7 Å². The van der Waals surface area contributed by atoms with Crippen molar-refractivity contribution in [3.8, 4) is 11.5 Å². The van der Waals surface area contributed by atoms with Crippen molar-refractivity contribution in [3.63, 3.8) is 0 Å². The zero-order chi connectivity index (χ0) is 24.1. The molecule has 1 aliphatic rings. The molecule has 1 saturated heterocycles.